The lowest BCUT2D eigenvalue weighted by molar-refractivity contribution is -0.142. The molecule has 0 heterocycles. The first-order valence-corrected chi connectivity index (χ1v) is 9.22. The van der Waals surface area contributed by atoms with E-state index in [1.807, 2.05) is 6.07 Å². The molecule has 0 saturated heterocycles. The molecule has 0 saturated carbocycles. The summed E-state index contributed by atoms with van der Waals surface area (Å²) in [6, 6.07) is 13.1. The number of aliphatic hydroxyl groups is 1. The Morgan fingerprint density at radius 3 is 2.40 bits per heavy atom. The van der Waals surface area contributed by atoms with Gasteiger partial charge in [-0.05, 0) is 23.3 Å². The minimum atomic E-state index is -1.29. The van der Waals surface area contributed by atoms with Crippen molar-refractivity contribution < 1.29 is 33.7 Å². The Morgan fingerprint density at radius 1 is 1.03 bits per heavy atom. The fourth-order valence-electron chi connectivity index (χ4n) is 2.61. The van der Waals surface area contributed by atoms with Crippen molar-refractivity contribution in [3.63, 3.8) is 0 Å². The van der Waals surface area contributed by atoms with E-state index in [2.05, 4.69) is 10.6 Å². The first-order chi connectivity index (χ1) is 14.3. The van der Waals surface area contributed by atoms with Gasteiger partial charge < -0.3 is 25.6 Å². The lowest BCUT2D eigenvalue weighted by Crippen LogP contribution is -2.44. The van der Waals surface area contributed by atoms with Crippen LogP contribution in [0.1, 0.15) is 17.5 Å². The molecular weight excluding hydrogens is 395 g/mol. The molecule has 30 heavy (non-hydrogen) atoms. The summed E-state index contributed by atoms with van der Waals surface area (Å²) in [6.07, 6.45) is -2.53. The van der Waals surface area contributed by atoms with Gasteiger partial charge in [-0.15, -0.1) is 0 Å². The number of carbonyl (C=O) groups excluding carboxylic acids is 2. The maximum Gasteiger partial charge on any atom is 0.407 e. The van der Waals surface area contributed by atoms with Gasteiger partial charge >= 0.3 is 12.1 Å². The average Bonchev–Trinajstić information content (AvgIpc) is 2.71. The third-order valence-electron chi connectivity index (χ3n) is 4.08. The van der Waals surface area contributed by atoms with E-state index in [0.29, 0.717) is 5.56 Å². The van der Waals surface area contributed by atoms with Crippen LogP contribution >= 0.6 is 0 Å². The van der Waals surface area contributed by atoms with Crippen LogP contribution in [0.4, 0.5) is 9.18 Å². The van der Waals surface area contributed by atoms with Gasteiger partial charge in [-0.1, -0.05) is 42.5 Å². The molecular formula is C21H23FN2O6. The summed E-state index contributed by atoms with van der Waals surface area (Å²) in [4.78, 5) is 35.0. The van der Waals surface area contributed by atoms with Gasteiger partial charge in [-0.25, -0.2) is 14.0 Å². The Balaban J connectivity index is 1.73. The van der Waals surface area contributed by atoms with E-state index in [4.69, 9.17) is 4.74 Å². The zero-order chi connectivity index (χ0) is 21.9. The van der Waals surface area contributed by atoms with Crippen molar-refractivity contribution in [1.82, 2.24) is 10.6 Å². The van der Waals surface area contributed by atoms with E-state index in [1.54, 1.807) is 30.3 Å². The predicted molar refractivity (Wildman–Crippen MR) is 105 cm³/mol. The summed E-state index contributed by atoms with van der Waals surface area (Å²) in [5.74, 6) is -2.51. The van der Waals surface area contributed by atoms with E-state index in [-0.39, 0.29) is 19.6 Å². The molecule has 0 bridgehead atoms. The second kappa shape index (κ2) is 11.5. The van der Waals surface area contributed by atoms with Crippen LogP contribution in [0.15, 0.2) is 54.6 Å². The van der Waals surface area contributed by atoms with Gasteiger partial charge in [0.05, 0.1) is 12.5 Å². The van der Waals surface area contributed by atoms with Crippen LogP contribution in [0, 0.1) is 5.82 Å². The summed E-state index contributed by atoms with van der Waals surface area (Å²) >= 11 is 0. The molecule has 0 aromatic heterocycles. The number of hydrogen-bond acceptors (Lipinski definition) is 5. The molecule has 0 aliphatic heterocycles. The van der Waals surface area contributed by atoms with Gasteiger partial charge in [0.2, 0.25) is 5.91 Å². The number of alkyl carbamates (subject to hydrolysis) is 1. The number of aliphatic carboxylic acids is 1. The summed E-state index contributed by atoms with van der Waals surface area (Å²) < 4.78 is 18.2. The number of halogens is 1. The molecule has 2 atom stereocenters. The van der Waals surface area contributed by atoms with Crippen LogP contribution < -0.4 is 10.6 Å². The fourth-order valence-corrected chi connectivity index (χ4v) is 2.61. The SMILES string of the molecule is O=C(C[C@H](O)CNC(=O)OCc1ccccc1)N[C@@H](Cc1cccc(F)c1)C(=O)O. The van der Waals surface area contributed by atoms with Crippen molar-refractivity contribution in [2.75, 3.05) is 6.54 Å². The summed E-state index contributed by atoms with van der Waals surface area (Å²) in [5, 5.41) is 23.8. The van der Waals surface area contributed by atoms with Crippen molar-refractivity contribution in [1.29, 1.82) is 0 Å². The highest BCUT2D eigenvalue weighted by Gasteiger charge is 2.22. The molecule has 2 amide bonds. The third-order valence-corrected chi connectivity index (χ3v) is 4.08. The van der Waals surface area contributed by atoms with E-state index < -0.39 is 42.4 Å². The molecule has 0 spiro atoms. The standard InChI is InChI=1S/C21H23FN2O6/c22-16-8-4-7-15(9-16)10-18(20(27)28)24-19(26)11-17(25)12-23-21(29)30-13-14-5-2-1-3-6-14/h1-9,17-18,25H,10-13H2,(H,23,29)(H,24,26)(H,27,28)/t17-,18-/m0/s1. The number of carbonyl (C=O) groups is 3. The normalized spacial score (nSPS) is 12.5. The van der Waals surface area contributed by atoms with Gasteiger partial charge in [-0.3, -0.25) is 4.79 Å². The number of carboxylic acid groups (broad SMARTS) is 1. The van der Waals surface area contributed by atoms with Crippen molar-refractivity contribution in [2.45, 2.75) is 31.6 Å². The van der Waals surface area contributed by atoms with Crippen LogP contribution in [0.3, 0.4) is 0 Å². The molecule has 0 fully saturated rings. The van der Waals surface area contributed by atoms with Gasteiger partial charge in [0, 0.05) is 13.0 Å². The number of aliphatic hydroxyl groups excluding tert-OH is 1. The molecule has 0 aliphatic rings. The van der Waals surface area contributed by atoms with Crippen molar-refractivity contribution in [3.05, 3.63) is 71.5 Å². The molecule has 2 rings (SSSR count). The van der Waals surface area contributed by atoms with Crippen LogP contribution in [-0.4, -0.2) is 46.9 Å². The third kappa shape index (κ3) is 8.27. The van der Waals surface area contributed by atoms with Gasteiger partial charge in [0.15, 0.2) is 0 Å². The molecule has 0 radical (unpaired) electrons. The first kappa shape index (κ1) is 22.8. The highest BCUT2D eigenvalue weighted by atomic mass is 19.1. The number of ether oxygens (including phenoxy) is 1. The lowest BCUT2D eigenvalue weighted by Gasteiger charge is -2.17. The van der Waals surface area contributed by atoms with Crippen LogP contribution in [0.5, 0.6) is 0 Å². The van der Waals surface area contributed by atoms with Gasteiger partial charge in [0.25, 0.3) is 0 Å². The van der Waals surface area contributed by atoms with Crippen molar-refractivity contribution >= 4 is 18.0 Å². The maximum absolute atomic E-state index is 13.2. The van der Waals surface area contributed by atoms with Gasteiger partial charge in [0.1, 0.15) is 18.5 Å². The topological polar surface area (TPSA) is 125 Å². The highest BCUT2D eigenvalue weighted by molar-refractivity contribution is 5.84. The number of carboxylic acids is 1. The molecule has 4 N–H and O–H groups in total. The highest BCUT2D eigenvalue weighted by Crippen LogP contribution is 2.07. The quantitative estimate of drug-likeness (QED) is 0.465. The minimum Gasteiger partial charge on any atom is -0.480 e. The Kier molecular flexibility index (Phi) is 8.76. The first-order valence-electron chi connectivity index (χ1n) is 9.22. The molecule has 8 nitrogen and oxygen atoms in total. The molecule has 9 heteroatoms. The largest absolute Gasteiger partial charge is 0.480 e. The molecule has 0 unspecified atom stereocenters. The fraction of sp³-hybridized carbons (Fsp3) is 0.286. The summed E-state index contributed by atoms with van der Waals surface area (Å²) in [7, 11) is 0. The zero-order valence-electron chi connectivity index (χ0n) is 16.1. The Bertz CT molecular complexity index is 862. The van der Waals surface area contributed by atoms with E-state index in [9.17, 15) is 29.0 Å². The molecule has 160 valence electrons. The monoisotopic (exact) mass is 418 g/mol. The predicted octanol–water partition coefficient (Wildman–Crippen LogP) is 1.61. The van der Waals surface area contributed by atoms with E-state index >= 15 is 0 Å². The Labute approximate surface area is 172 Å². The zero-order valence-corrected chi connectivity index (χ0v) is 16.1. The molecule has 2 aromatic rings. The number of hydrogen-bond donors (Lipinski definition) is 4. The average molecular weight is 418 g/mol. The number of benzene rings is 2. The summed E-state index contributed by atoms with van der Waals surface area (Å²) in [5.41, 5.74) is 1.21. The van der Waals surface area contributed by atoms with E-state index in [1.165, 1.54) is 18.2 Å². The Morgan fingerprint density at radius 2 is 1.73 bits per heavy atom. The van der Waals surface area contributed by atoms with E-state index in [0.717, 1.165) is 5.56 Å². The van der Waals surface area contributed by atoms with Crippen LogP contribution in [0.2, 0.25) is 0 Å². The number of amides is 2. The second-order valence-corrected chi connectivity index (χ2v) is 6.59. The van der Waals surface area contributed by atoms with Crippen molar-refractivity contribution in [2.24, 2.45) is 0 Å². The van der Waals surface area contributed by atoms with Gasteiger partial charge in [-0.2, -0.15) is 0 Å². The number of rotatable bonds is 10. The summed E-state index contributed by atoms with van der Waals surface area (Å²) in [6.45, 7) is -0.188. The second-order valence-electron chi connectivity index (χ2n) is 6.59. The molecule has 2 aromatic carbocycles. The lowest BCUT2D eigenvalue weighted by atomic mass is 10.1. The van der Waals surface area contributed by atoms with Crippen molar-refractivity contribution in [3.8, 4) is 0 Å². The maximum atomic E-state index is 13.2. The molecule has 0 aliphatic carbocycles. The minimum absolute atomic E-state index is 0.0592. The number of nitrogens with one attached hydrogen (secondary N) is 2. The van der Waals surface area contributed by atoms with Crippen LogP contribution in [-0.2, 0) is 27.4 Å². The van der Waals surface area contributed by atoms with Crippen LogP contribution in [0.25, 0.3) is 0 Å². The smallest absolute Gasteiger partial charge is 0.407 e. The Hall–Kier alpha value is -3.46.